The molecule has 0 amide bonds. The summed E-state index contributed by atoms with van der Waals surface area (Å²) < 4.78 is 28.8. The third kappa shape index (κ3) is 8.34. The Labute approximate surface area is 265 Å². The number of nitrogens with two attached hydrogens (primary N) is 4. The van der Waals surface area contributed by atoms with E-state index >= 15 is 0 Å². The van der Waals surface area contributed by atoms with Gasteiger partial charge in [0.05, 0.1) is 40.5 Å². The van der Waals surface area contributed by atoms with E-state index in [1.165, 1.54) is 24.3 Å². The number of hydrogen-bond donors (Lipinski definition) is 10. The van der Waals surface area contributed by atoms with Gasteiger partial charge in [-0.1, -0.05) is 0 Å². The Kier molecular flexibility index (Phi) is 12.4. The van der Waals surface area contributed by atoms with Crippen LogP contribution in [0, 0.1) is 5.92 Å². The van der Waals surface area contributed by atoms with Crippen LogP contribution < -0.4 is 22.1 Å². The second kappa shape index (κ2) is 16.0. The third-order valence-electron chi connectivity index (χ3n) is 8.48. The predicted molar refractivity (Wildman–Crippen MR) is 160 cm³/mol. The quantitative estimate of drug-likeness (QED) is 0.0560. The van der Waals surface area contributed by atoms with E-state index in [0.717, 1.165) is 0 Å². The Balaban J connectivity index is 1.38. The number of quaternary nitrogens is 2. The molecule has 0 saturated carbocycles. The molecular weight excluding hydrogens is 608 g/mol. The molecule has 2 heterocycles. The summed E-state index contributed by atoms with van der Waals surface area (Å²) >= 11 is 0. The van der Waals surface area contributed by atoms with Crippen molar-refractivity contribution in [2.75, 3.05) is 52.0 Å². The van der Waals surface area contributed by atoms with Crippen LogP contribution in [-0.2, 0) is 30.3 Å². The number of nitrogen functional groups attached to an aromatic ring is 2. The molecule has 14 N–H and O–H groups in total. The number of ether oxygens (including phenoxy) is 5. The molecule has 0 aromatic heterocycles. The van der Waals surface area contributed by atoms with Crippen molar-refractivity contribution in [3.63, 3.8) is 0 Å². The van der Waals surface area contributed by atoms with Gasteiger partial charge >= 0.3 is 5.97 Å². The second-order valence-electron chi connectivity index (χ2n) is 11.6. The van der Waals surface area contributed by atoms with Gasteiger partial charge in [-0.05, 0) is 36.4 Å². The van der Waals surface area contributed by atoms with E-state index in [-0.39, 0.29) is 55.8 Å². The van der Waals surface area contributed by atoms with Crippen LogP contribution >= 0.6 is 0 Å². The lowest BCUT2D eigenvalue weighted by atomic mass is 9.88. The number of carbonyl (C=O) groups excluding carboxylic acids is 1. The minimum absolute atomic E-state index is 0.00564. The zero-order valence-electron chi connectivity index (χ0n) is 25.7. The summed E-state index contributed by atoms with van der Waals surface area (Å²) in [5.74, 6) is -1.95. The molecular formula is C30H46N4O12+2. The monoisotopic (exact) mass is 654 g/mol. The summed E-state index contributed by atoms with van der Waals surface area (Å²) in [6, 6.07) is 7.18. The van der Waals surface area contributed by atoms with Gasteiger partial charge < -0.3 is 76.4 Å². The maximum atomic E-state index is 12.7. The smallest absolute Gasteiger partial charge is 0.342 e. The number of aromatic hydroxyl groups is 2. The summed E-state index contributed by atoms with van der Waals surface area (Å²) in [5.41, 5.74) is 12.5. The van der Waals surface area contributed by atoms with Crippen molar-refractivity contribution in [3.8, 4) is 11.5 Å². The predicted octanol–water partition coefficient (Wildman–Crippen LogP) is -4.04. The molecule has 16 nitrogen and oxygen atoms in total. The summed E-state index contributed by atoms with van der Waals surface area (Å²) in [7, 11) is 3.39. The average Bonchev–Trinajstić information content (AvgIpc) is 3.02. The normalized spacial score (nSPS) is 31.4. The van der Waals surface area contributed by atoms with Crippen molar-refractivity contribution in [3.05, 3.63) is 47.5 Å². The first-order chi connectivity index (χ1) is 21.9. The Bertz CT molecular complexity index is 1300. The number of aliphatic hydroxyl groups excluding tert-OH is 4. The first-order valence-electron chi connectivity index (χ1n) is 15.1. The second-order valence-corrected chi connectivity index (χ2v) is 11.6. The average molecular weight is 655 g/mol. The molecule has 2 aromatic rings. The minimum Gasteiger partial charge on any atom is -0.508 e. The van der Waals surface area contributed by atoms with Gasteiger partial charge in [-0.3, -0.25) is 0 Å². The maximum absolute atomic E-state index is 12.7. The van der Waals surface area contributed by atoms with Crippen LogP contribution in [0.3, 0.4) is 0 Å². The van der Waals surface area contributed by atoms with E-state index < -0.39 is 66.9 Å². The van der Waals surface area contributed by atoms with Gasteiger partial charge in [0.1, 0.15) is 66.3 Å². The highest BCUT2D eigenvalue weighted by molar-refractivity contribution is 5.93. The highest BCUT2D eigenvalue weighted by Gasteiger charge is 2.49. The van der Waals surface area contributed by atoms with Crippen LogP contribution in [0.2, 0.25) is 0 Å². The lowest BCUT2D eigenvalue weighted by Crippen LogP contribution is -2.94. The molecule has 2 aliphatic heterocycles. The summed E-state index contributed by atoms with van der Waals surface area (Å²) in [6.07, 6.45) is -7.55. The molecule has 4 unspecified atom stereocenters. The third-order valence-corrected chi connectivity index (χ3v) is 8.48. The molecule has 2 fully saturated rings. The standard InChI is InChI=1S/C30H44N4O12/c1-33-24-22(45-23(27(38)28(24)39)12-42-9-14-7-15(31)3-5-19(14)35)11-43-10-18-21(46-30(41)25(34-2)26(18)37)13-44-29(40)17-8-16(32)4-6-20(17)36/h3-8,18,21-28,30,33-39,41H,9-13,31-32H2,1-2H3/p+2/t18-,21?,22-,23?,24?,25?,26-,27-,28+,30+/m0/s1. The van der Waals surface area contributed by atoms with Crippen molar-refractivity contribution in [2.24, 2.45) is 5.92 Å². The Morgan fingerprint density at radius 2 is 1.41 bits per heavy atom. The van der Waals surface area contributed by atoms with Gasteiger partial charge in [-0.15, -0.1) is 0 Å². The summed E-state index contributed by atoms with van der Waals surface area (Å²) in [4.78, 5) is 12.7. The number of aliphatic hydroxyl groups is 4. The van der Waals surface area contributed by atoms with E-state index in [1.54, 1.807) is 36.9 Å². The van der Waals surface area contributed by atoms with Gasteiger partial charge in [0, 0.05) is 22.9 Å². The Morgan fingerprint density at radius 1 is 0.761 bits per heavy atom. The van der Waals surface area contributed by atoms with Crippen molar-refractivity contribution >= 4 is 17.3 Å². The van der Waals surface area contributed by atoms with Gasteiger partial charge in [0.15, 0.2) is 6.04 Å². The van der Waals surface area contributed by atoms with Crippen molar-refractivity contribution in [1.29, 1.82) is 0 Å². The number of esters is 1. The number of hydrogen-bond acceptors (Lipinski definition) is 14. The highest BCUT2D eigenvalue weighted by Crippen LogP contribution is 2.28. The highest BCUT2D eigenvalue weighted by atomic mass is 16.6. The summed E-state index contributed by atoms with van der Waals surface area (Å²) in [6.45, 7) is -0.634. The molecule has 0 spiro atoms. The number of likely N-dealkylation sites (N-methyl/N-ethyl adjacent to an activating group) is 2. The number of benzene rings is 2. The van der Waals surface area contributed by atoms with Crippen LogP contribution in [-0.4, -0.2) is 132 Å². The van der Waals surface area contributed by atoms with Gasteiger partial charge in [0.2, 0.25) is 6.29 Å². The molecule has 256 valence electrons. The van der Waals surface area contributed by atoms with E-state index in [2.05, 4.69) is 0 Å². The fraction of sp³-hybridized carbons (Fsp3) is 0.567. The van der Waals surface area contributed by atoms with Crippen LogP contribution in [0.5, 0.6) is 11.5 Å². The summed E-state index contributed by atoms with van der Waals surface area (Å²) in [5, 5.41) is 66.6. The lowest BCUT2D eigenvalue weighted by Gasteiger charge is -2.42. The molecule has 2 saturated heterocycles. The fourth-order valence-electron chi connectivity index (χ4n) is 5.82. The van der Waals surface area contributed by atoms with Gasteiger partial charge in [-0.2, -0.15) is 0 Å². The number of anilines is 2. The van der Waals surface area contributed by atoms with E-state index in [4.69, 9.17) is 35.2 Å². The molecule has 16 heteroatoms. The van der Waals surface area contributed by atoms with Gasteiger partial charge in [-0.25, -0.2) is 4.79 Å². The maximum Gasteiger partial charge on any atom is 0.342 e. The zero-order valence-corrected chi connectivity index (χ0v) is 25.7. The first-order valence-corrected chi connectivity index (χ1v) is 15.1. The molecule has 0 bridgehead atoms. The fourth-order valence-corrected chi connectivity index (χ4v) is 5.82. The number of carbonyl (C=O) groups is 1. The van der Waals surface area contributed by atoms with Crippen LogP contribution in [0.4, 0.5) is 11.4 Å². The van der Waals surface area contributed by atoms with E-state index in [9.17, 15) is 35.4 Å². The Hall–Kier alpha value is -3.29. The number of phenols is 2. The largest absolute Gasteiger partial charge is 0.508 e. The topological polar surface area (TPSA) is 270 Å². The van der Waals surface area contributed by atoms with Crippen LogP contribution in [0.1, 0.15) is 15.9 Å². The van der Waals surface area contributed by atoms with Gasteiger partial charge in [0.25, 0.3) is 0 Å². The molecule has 0 aliphatic carbocycles. The minimum atomic E-state index is -1.37. The SMILES string of the molecule is C[NH2+]C1[C@H](COC[C@H]2C(COC(=O)c3cc(N)ccc3O)O[C@@H](O)C([NH2+]C)[C@H]2O)OC(COCc2cc(N)ccc2O)[C@H](O)[C@@H]1O. The zero-order chi connectivity index (χ0) is 33.5. The molecule has 46 heavy (non-hydrogen) atoms. The molecule has 0 radical (unpaired) electrons. The Morgan fingerprint density at radius 3 is 2.11 bits per heavy atom. The molecule has 2 aliphatic rings. The van der Waals surface area contributed by atoms with Crippen molar-refractivity contribution in [1.82, 2.24) is 0 Å². The number of phenolic OH excluding ortho intramolecular Hbond substituents is 2. The molecule has 4 rings (SSSR count). The van der Waals surface area contributed by atoms with E-state index in [0.29, 0.717) is 11.3 Å². The number of rotatable bonds is 13. The van der Waals surface area contributed by atoms with Crippen LogP contribution in [0.15, 0.2) is 36.4 Å². The van der Waals surface area contributed by atoms with Crippen molar-refractivity contribution in [2.45, 2.75) is 61.6 Å². The molecule has 2 aromatic carbocycles. The van der Waals surface area contributed by atoms with Crippen molar-refractivity contribution < 1.29 is 69.8 Å². The van der Waals surface area contributed by atoms with Crippen LogP contribution in [0.25, 0.3) is 0 Å². The molecule has 10 atom stereocenters. The van der Waals surface area contributed by atoms with E-state index in [1.807, 2.05) is 0 Å². The lowest BCUT2D eigenvalue weighted by molar-refractivity contribution is -0.694. The first kappa shape index (κ1) is 35.6.